The van der Waals surface area contributed by atoms with Gasteiger partial charge in [-0.15, -0.1) is 0 Å². The molecule has 0 radical (unpaired) electrons. The van der Waals surface area contributed by atoms with Gasteiger partial charge >= 0.3 is 0 Å². The van der Waals surface area contributed by atoms with E-state index in [4.69, 9.17) is 5.73 Å². The lowest BCUT2D eigenvalue weighted by atomic mass is 9.97. The van der Waals surface area contributed by atoms with Gasteiger partial charge in [0.15, 0.2) is 9.84 Å². The molecule has 0 aliphatic heterocycles. The van der Waals surface area contributed by atoms with Crippen LogP contribution in [-0.4, -0.2) is 19.4 Å². The molecule has 102 valence electrons. The van der Waals surface area contributed by atoms with E-state index in [-0.39, 0.29) is 11.7 Å². The second-order valence-electron chi connectivity index (χ2n) is 5.01. The van der Waals surface area contributed by atoms with E-state index >= 15 is 0 Å². The van der Waals surface area contributed by atoms with Crippen LogP contribution in [0.15, 0.2) is 30.3 Å². The summed E-state index contributed by atoms with van der Waals surface area (Å²) in [6, 6.07) is 9.00. The van der Waals surface area contributed by atoms with Crippen molar-refractivity contribution < 1.29 is 8.42 Å². The third-order valence-electron chi connectivity index (χ3n) is 3.10. The van der Waals surface area contributed by atoms with Gasteiger partial charge in [-0.25, -0.2) is 8.42 Å². The van der Waals surface area contributed by atoms with Crippen molar-refractivity contribution in [3.63, 3.8) is 0 Å². The van der Waals surface area contributed by atoms with E-state index in [0.717, 1.165) is 5.56 Å². The summed E-state index contributed by atoms with van der Waals surface area (Å²) in [6.07, 6.45) is 0.632. The van der Waals surface area contributed by atoms with Gasteiger partial charge in [-0.3, -0.25) is 0 Å². The molecule has 4 heteroatoms. The molecule has 1 aromatic rings. The Bertz CT molecular complexity index is 454. The fourth-order valence-electron chi connectivity index (χ4n) is 2.34. The summed E-state index contributed by atoms with van der Waals surface area (Å²) in [6.45, 7) is 5.71. The van der Waals surface area contributed by atoms with Crippen molar-refractivity contribution in [3.8, 4) is 0 Å². The van der Waals surface area contributed by atoms with Crippen molar-refractivity contribution >= 4 is 9.84 Å². The quantitative estimate of drug-likeness (QED) is 0.863. The van der Waals surface area contributed by atoms with E-state index in [1.54, 1.807) is 0 Å². The Morgan fingerprint density at radius 3 is 2.17 bits per heavy atom. The van der Waals surface area contributed by atoms with Gasteiger partial charge in [0.25, 0.3) is 0 Å². The summed E-state index contributed by atoms with van der Waals surface area (Å²) < 4.78 is 24.6. The van der Waals surface area contributed by atoms with E-state index in [2.05, 4.69) is 0 Å². The maximum atomic E-state index is 12.3. The van der Waals surface area contributed by atoms with Gasteiger partial charge < -0.3 is 5.73 Å². The van der Waals surface area contributed by atoms with Crippen molar-refractivity contribution in [1.29, 1.82) is 0 Å². The highest BCUT2D eigenvalue weighted by Gasteiger charge is 2.33. The first-order chi connectivity index (χ1) is 8.40. The van der Waals surface area contributed by atoms with E-state index in [0.29, 0.717) is 6.42 Å². The molecule has 2 N–H and O–H groups in total. The molecular formula is C14H23NO2S. The lowest BCUT2D eigenvalue weighted by molar-refractivity contribution is 0.481. The Hall–Kier alpha value is -0.870. The topological polar surface area (TPSA) is 60.2 Å². The van der Waals surface area contributed by atoms with Gasteiger partial charge in [-0.1, -0.05) is 51.1 Å². The van der Waals surface area contributed by atoms with E-state index < -0.39 is 21.1 Å². The van der Waals surface area contributed by atoms with Crippen LogP contribution in [-0.2, 0) is 9.84 Å². The predicted molar refractivity (Wildman–Crippen MR) is 76.1 cm³/mol. The minimum atomic E-state index is -3.14. The Labute approximate surface area is 110 Å². The van der Waals surface area contributed by atoms with Crippen LogP contribution < -0.4 is 5.73 Å². The maximum absolute atomic E-state index is 12.3. The van der Waals surface area contributed by atoms with Crippen LogP contribution in [0.25, 0.3) is 0 Å². The first kappa shape index (κ1) is 15.2. The predicted octanol–water partition coefficient (Wildman–Crippen LogP) is 2.54. The van der Waals surface area contributed by atoms with Crippen molar-refractivity contribution in [2.75, 3.05) is 5.75 Å². The van der Waals surface area contributed by atoms with Crippen molar-refractivity contribution in [2.24, 2.45) is 11.7 Å². The minimum Gasteiger partial charge on any atom is -0.323 e. The largest absolute Gasteiger partial charge is 0.323 e. The molecule has 0 fully saturated rings. The van der Waals surface area contributed by atoms with Crippen LogP contribution >= 0.6 is 0 Å². The molecule has 0 amide bonds. The molecule has 1 aromatic carbocycles. The molecule has 18 heavy (non-hydrogen) atoms. The maximum Gasteiger partial charge on any atom is 0.155 e. The molecule has 0 aliphatic carbocycles. The fourth-order valence-corrected chi connectivity index (χ4v) is 4.61. The van der Waals surface area contributed by atoms with E-state index in [9.17, 15) is 8.42 Å². The molecule has 0 aliphatic rings. The highest BCUT2D eigenvalue weighted by atomic mass is 32.2. The lowest BCUT2D eigenvalue weighted by Gasteiger charge is -2.27. The Morgan fingerprint density at radius 2 is 1.72 bits per heavy atom. The second kappa shape index (κ2) is 6.34. The Morgan fingerprint density at radius 1 is 1.17 bits per heavy atom. The number of hydrogen-bond acceptors (Lipinski definition) is 3. The molecule has 0 bridgehead atoms. The SMILES string of the molecule is CCCS(=O)(=O)C(C(C)C)C(N)c1ccccc1. The van der Waals surface area contributed by atoms with Crippen LogP contribution in [0.5, 0.6) is 0 Å². The third kappa shape index (κ3) is 3.56. The summed E-state index contributed by atoms with van der Waals surface area (Å²) in [5.74, 6) is 0.216. The van der Waals surface area contributed by atoms with Crippen LogP contribution in [0.2, 0.25) is 0 Å². The summed E-state index contributed by atoms with van der Waals surface area (Å²) in [5.41, 5.74) is 7.06. The molecule has 2 unspecified atom stereocenters. The molecule has 1 rings (SSSR count). The first-order valence-corrected chi connectivity index (χ1v) is 8.13. The summed E-state index contributed by atoms with van der Waals surface area (Å²) in [7, 11) is -3.14. The fraction of sp³-hybridized carbons (Fsp3) is 0.571. The zero-order valence-electron chi connectivity index (χ0n) is 11.3. The molecule has 0 saturated carbocycles. The van der Waals surface area contributed by atoms with Gasteiger partial charge in [0.1, 0.15) is 0 Å². The van der Waals surface area contributed by atoms with Crippen molar-refractivity contribution in [2.45, 2.75) is 38.5 Å². The van der Waals surface area contributed by atoms with Crippen molar-refractivity contribution in [1.82, 2.24) is 0 Å². The highest BCUT2D eigenvalue weighted by Crippen LogP contribution is 2.26. The summed E-state index contributed by atoms with van der Waals surface area (Å²) >= 11 is 0. The van der Waals surface area contributed by atoms with Crippen LogP contribution in [0.4, 0.5) is 0 Å². The highest BCUT2D eigenvalue weighted by molar-refractivity contribution is 7.92. The van der Waals surface area contributed by atoms with E-state index in [1.807, 2.05) is 51.1 Å². The smallest absolute Gasteiger partial charge is 0.155 e. The Kier molecular flexibility index (Phi) is 5.35. The standard InChI is InChI=1S/C14H23NO2S/c1-4-10-18(16,17)14(11(2)3)13(15)12-8-6-5-7-9-12/h5-9,11,13-14H,4,10,15H2,1-3H3. The van der Waals surface area contributed by atoms with E-state index in [1.165, 1.54) is 0 Å². The molecule has 2 atom stereocenters. The number of benzene rings is 1. The summed E-state index contributed by atoms with van der Waals surface area (Å²) in [5, 5.41) is -0.514. The van der Waals surface area contributed by atoms with Gasteiger partial charge in [-0.2, -0.15) is 0 Å². The van der Waals surface area contributed by atoms with Gasteiger partial charge in [0.05, 0.1) is 11.0 Å². The summed E-state index contributed by atoms with van der Waals surface area (Å²) in [4.78, 5) is 0. The third-order valence-corrected chi connectivity index (χ3v) is 5.74. The second-order valence-corrected chi connectivity index (χ2v) is 7.29. The van der Waals surface area contributed by atoms with Crippen LogP contribution in [0.1, 0.15) is 38.8 Å². The van der Waals surface area contributed by atoms with Crippen LogP contribution in [0.3, 0.4) is 0 Å². The molecule has 0 heterocycles. The number of nitrogens with two attached hydrogens (primary N) is 1. The normalized spacial score (nSPS) is 15.6. The van der Waals surface area contributed by atoms with Gasteiger partial charge in [0.2, 0.25) is 0 Å². The number of hydrogen-bond donors (Lipinski definition) is 1. The molecule has 3 nitrogen and oxygen atoms in total. The average Bonchev–Trinajstić information content (AvgIpc) is 2.29. The zero-order chi connectivity index (χ0) is 13.8. The Balaban J connectivity index is 3.07. The minimum absolute atomic E-state index is 0.0109. The zero-order valence-corrected chi connectivity index (χ0v) is 12.2. The monoisotopic (exact) mass is 269 g/mol. The molecule has 0 spiro atoms. The molecule has 0 aromatic heterocycles. The van der Waals surface area contributed by atoms with Gasteiger partial charge in [-0.05, 0) is 17.9 Å². The number of sulfone groups is 1. The molecular weight excluding hydrogens is 246 g/mol. The first-order valence-electron chi connectivity index (χ1n) is 6.42. The van der Waals surface area contributed by atoms with Crippen molar-refractivity contribution in [3.05, 3.63) is 35.9 Å². The van der Waals surface area contributed by atoms with Gasteiger partial charge in [0, 0.05) is 6.04 Å². The lowest BCUT2D eigenvalue weighted by Crippen LogP contribution is -2.39. The molecule has 0 saturated heterocycles. The van der Waals surface area contributed by atoms with Crippen LogP contribution in [0, 0.1) is 5.92 Å². The number of rotatable bonds is 6. The average molecular weight is 269 g/mol.